The number of amides is 2. The Labute approximate surface area is 148 Å². The van der Waals surface area contributed by atoms with Crippen LogP contribution in [0.25, 0.3) is 0 Å². The van der Waals surface area contributed by atoms with E-state index in [0.29, 0.717) is 6.54 Å². The summed E-state index contributed by atoms with van der Waals surface area (Å²) in [7, 11) is 0. The van der Waals surface area contributed by atoms with Crippen molar-refractivity contribution in [1.82, 2.24) is 9.80 Å². The zero-order chi connectivity index (χ0) is 17.2. The number of carbonyl (C=O) groups is 2. The predicted octanol–water partition coefficient (Wildman–Crippen LogP) is 2.38. The maximum Gasteiger partial charge on any atom is 0.245 e. The Morgan fingerprint density at radius 1 is 1.12 bits per heavy atom. The highest BCUT2D eigenvalue weighted by Crippen LogP contribution is 2.29. The molecule has 2 unspecified atom stereocenters. The lowest BCUT2D eigenvalue weighted by Gasteiger charge is -2.36. The summed E-state index contributed by atoms with van der Waals surface area (Å²) in [5.41, 5.74) is 1.30. The summed E-state index contributed by atoms with van der Waals surface area (Å²) in [5, 5.41) is 0. The van der Waals surface area contributed by atoms with Gasteiger partial charge in [0.15, 0.2) is 0 Å². The Hall–Kier alpha value is -2.04. The molecule has 0 bridgehead atoms. The van der Waals surface area contributed by atoms with Gasteiger partial charge in [0.05, 0.1) is 12.6 Å². The van der Waals surface area contributed by atoms with E-state index in [9.17, 15) is 9.59 Å². The van der Waals surface area contributed by atoms with E-state index in [0.717, 1.165) is 57.2 Å². The molecular formula is C20H26N2O3. The van der Waals surface area contributed by atoms with Crippen molar-refractivity contribution in [2.75, 3.05) is 19.6 Å². The lowest BCUT2D eigenvalue weighted by Crippen LogP contribution is -2.57. The predicted molar refractivity (Wildman–Crippen MR) is 94.3 cm³/mol. The Balaban J connectivity index is 1.22. The fraction of sp³-hybridized carbons (Fsp3) is 0.600. The molecule has 2 amide bonds. The van der Waals surface area contributed by atoms with E-state index < -0.39 is 0 Å². The molecule has 2 atom stereocenters. The van der Waals surface area contributed by atoms with Crippen LogP contribution in [-0.4, -0.2) is 53.4 Å². The molecule has 0 aromatic heterocycles. The lowest BCUT2D eigenvalue weighted by molar-refractivity contribution is -0.153. The van der Waals surface area contributed by atoms with Gasteiger partial charge in [-0.1, -0.05) is 18.2 Å². The van der Waals surface area contributed by atoms with Crippen molar-refractivity contribution in [3.63, 3.8) is 0 Å². The van der Waals surface area contributed by atoms with E-state index in [-0.39, 0.29) is 30.5 Å². The zero-order valence-corrected chi connectivity index (χ0v) is 14.7. The maximum atomic E-state index is 12.5. The minimum atomic E-state index is -0.181. The van der Waals surface area contributed by atoms with Crippen LogP contribution in [0.1, 0.15) is 44.1 Å². The molecule has 3 aliphatic rings. The van der Waals surface area contributed by atoms with Gasteiger partial charge in [0.2, 0.25) is 11.8 Å². The molecule has 2 saturated heterocycles. The number of aryl methyl sites for hydroxylation is 1. The molecule has 0 radical (unpaired) electrons. The number of benzene rings is 1. The molecule has 25 heavy (non-hydrogen) atoms. The van der Waals surface area contributed by atoms with Crippen molar-refractivity contribution in [2.24, 2.45) is 0 Å². The summed E-state index contributed by atoms with van der Waals surface area (Å²) in [6, 6.07) is 8.08. The molecule has 0 spiro atoms. The van der Waals surface area contributed by atoms with Gasteiger partial charge < -0.3 is 14.5 Å². The molecule has 0 N–H and O–H groups in total. The summed E-state index contributed by atoms with van der Waals surface area (Å²) in [5.74, 6) is 1.30. The van der Waals surface area contributed by atoms with Crippen LogP contribution in [0.15, 0.2) is 24.3 Å². The number of piperazine rings is 1. The molecule has 5 nitrogen and oxygen atoms in total. The number of ether oxygens (including phenoxy) is 1. The number of hydrogen-bond acceptors (Lipinski definition) is 3. The van der Waals surface area contributed by atoms with Crippen molar-refractivity contribution in [3.8, 4) is 5.75 Å². The molecule has 5 heteroatoms. The molecule has 0 aliphatic carbocycles. The number of unbranched alkanes of at least 4 members (excludes halogenated alkanes) is 1. The lowest BCUT2D eigenvalue weighted by atomic mass is 9.99. The largest absolute Gasteiger partial charge is 0.490 e. The average molecular weight is 342 g/mol. The Kier molecular flexibility index (Phi) is 4.64. The second-order valence-corrected chi connectivity index (χ2v) is 7.39. The molecule has 1 aromatic carbocycles. The van der Waals surface area contributed by atoms with Gasteiger partial charge in [-0.2, -0.15) is 0 Å². The first-order valence-electron chi connectivity index (χ1n) is 9.55. The van der Waals surface area contributed by atoms with Crippen LogP contribution in [0.3, 0.4) is 0 Å². The van der Waals surface area contributed by atoms with Crippen LogP contribution in [0, 0.1) is 0 Å². The van der Waals surface area contributed by atoms with Crippen LogP contribution in [0.5, 0.6) is 5.75 Å². The highest BCUT2D eigenvalue weighted by molar-refractivity contribution is 5.95. The first-order chi connectivity index (χ1) is 12.2. The smallest absolute Gasteiger partial charge is 0.245 e. The zero-order valence-electron chi connectivity index (χ0n) is 14.7. The summed E-state index contributed by atoms with van der Waals surface area (Å²) in [4.78, 5) is 28.2. The fourth-order valence-electron chi connectivity index (χ4n) is 4.31. The van der Waals surface area contributed by atoms with Crippen molar-refractivity contribution in [2.45, 2.75) is 57.1 Å². The standard InChI is InChI=1S/C20H26N2O3/c23-19-14-21(20(24)17-8-5-13-22(17)19)12-4-3-7-16-11-10-15-6-1-2-9-18(15)25-16/h1-2,6,9,16-17H,3-5,7-8,10-14H2. The van der Waals surface area contributed by atoms with Gasteiger partial charge in [0.25, 0.3) is 0 Å². The number of rotatable bonds is 5. The topological polar surface area (TPSA) is 49.9 Å². The molecular weight excluding hydrogens is 316 g/mol. The minimum absolute atomic E-state index is 0.120. The molecule has 134 valence electrons. The van der Waals surface area contributed by atoms with Crippen molar-refractivity contribution in [3.05, 3.63) is 29.8 Å². The van der Waals surface area contributed by atoms with Crippen LogP contribution >= 0.6 is 0 Å². The minimum Gasteiger partial charge on any atom is -0.490 e. The maximum absolute atomic E-state index is 12.5. The summed E-state index contributed by atoms with van der Waals surface area (Å²) >= 11 is 0. The van der Waals surface area contributed by atoms with Crippen LogP contribution in [0.4, 0.5) is 0 Å². The van der Waals surface area contributed by atoms with Gasteiger partial charge in [-0.3, -0.25) is 9.59 Å². The summed E-state index contributed by atoms with van der Waals surface area (Å²) in [6.07, 6.45) is 7.19. The fourth-order valence-corrected chi connectivity index (χ4v) is 4.31. The summed E-state index contributed by atoms with van der Waals surface area (Å²) in [6.45, 7) is 1.71. The van der Waals surface area contributed by atoms with Crippen molar-refractivity contribution in [1.29, 1.82) is 0 Å². The average Bonchev–Trinajstić information content (AvgIpc) is 3.13. The van der Waals surface area contributed by atoms with E-state index >= 15 is 0 Å². The van der Waals surface area contributed by atoms with Crippen LogP contribution in [0.2, 0.25) is 0 Å². The summed E-state index contributed by atoms with van der Waals surface area (Å²) < 4.78 is 6.08. The third-order valence-electron chi connectivity index (χ3n) is 5.70. The first kappa shape index (κ1) is 16.4. The highest BCUT2D eigenvalue weighted by Gasteiger charge is 2.41. The Morgan fingerprint density at radius 2 is 2.00 bits per heavy atom. The molecule has 3 heterocycles. The molecule has 4 rings (SSSR count). The monoisotopic (exact) mass is 342 g/mol. The number of para-hydroxylation sites is 1. The number of fused-ring (bicyclic) bond motifs is 2. The third-order valence-corrected chi connectivity index (χ3v) is 5.70. The normalized spacial score (nSPS) is 25.6. The van der Waals surface area contributed by atoms with E-state index in [2.05, 4.69) is 12.1 Å². The van der Waals surface area contributed by atoms with Gasteiger partial charge in [-0.25, -0.2) is 0 Å². The van der Waals surface area contributed by atoms with E-state index in [1.165, 1.54) is 5.56 Å². The second-order valence-electron chi connectivity index (χ2n) is 7.39. The van der Waals surface area contributed by atoms with Crippen LogP contribution in [-0.2, 0) is 16.0 Å². The van der Waals surface area contributed by atoms with Crippen molar-refractivity contribution < 1.29 is 14.3 Å². The van der Waals surface area contributed by atoms with Gasteiger partial charge in [0.1, 0.15) is 11.8 Å². The molecule has 2 fully saturated rings. The van der Waals surface area contributed by atoms with E-state index in [1.54, 1.807) is 9.80 Å². The number of carbonyl (C=O) groups excluding carboxylic acids is 2. The number of hydrogen-bond donors (Lipinski definition) is 0. The van der Waals surface area contributed by atoms with Crippen LogP contribution < -0.4 is 4.74 Å². The van der Waals surface area contributed by atoms with Gasteiger partial charge in [-0.05, 0) is 56.6 Å². The first-order valence-corrected chi connectivity index (χ1v) is 9.55. The SMILES string of the molecule is O=C1C2CCCN2C(=O)CN1CCCCC1CCc2ccccc2O1. The molecule has 3 aliphatic heterocycles. The Bertz CT molecular complexity index is 660. The van der Waals surface area contributed by atoms with Gasteiger partial charge >= 0.3 is 0 Å². The van der Waals surface area contributed by atoms with E-state index in [4.69, 9.17) is 4.74 Å². The Morgan fingerprint density at radius 3 is 2.92 bits per heavy atom. The quantitative estimate of drug-likeness (QED) is 0.772. The van der Waals surface area contributed by atoms with Crippen molar-refractivity contribution >= 4 is 11.8 Å². The second kappa shape index (κ2) is 7.06. The van der Waals surface area contributed by atoms with E-state index in [1.807, 2.05) is 12.1 Å². The van der Waals surface area contributed by atoms with Gasteiger partial charge in [0, 0.05) is 13.1 Å². The third kappa shape index (κ3) is 3.37. The van der Waals surface area contributed by atoms with Gasteiger partial charge in [-0.15, -0.1) is 0 Å². The molecule has 0 saturated carbocycles. The number of nitrogens with zero attached hydrogens (tertiary/aromatic N) is 2. The molecule has 1 aromatic rings. The highest BCUT2D eigenvalue weighted by atomic mass is 16.5.